The van der Waals surface area contributed by atoms with Crippen molar-refractivity contribution in [3.63, 3.8) is 0 Å². The molecule has 0 aliphatic rings. The lowest BCUT2D eigenvalue weighted by Crippen LogP contribution is -2.23. The molecule has 0 aromatic heterocycles. The maximum atomic E-state index is 13.9. The van der Waals surface area contributed by atoms with Gasteiger partial charge in [0.1, 0.15) is 5.82 Å². The number of halogens is 2. The van der Waals surface area contributed by atoms with Crippen LogP contribution in [0.25, 0.3) is 0 Å². The number of hydrogen-bond donors (Lipinski definition) is 1. The van der Waals surface area contributed by atoms with E-state index in [-0.39, 0.29) is 11.9 Å². The first kappa shape index (κ1) is 14.5. The summed E-state index contributed by atoms with van der Waals surface area (Å²) in [4.78, 5) is 0. The van der Waals surface area contributed by atoms with Crippen LogP contribution in [0.4, 0.5) is 4.39 Å². The SMILES string of the molecule is CCNC(CC(C)CC)c1ccc(Cl)cc1F. The number of benzene rings is 1. The molecule has 1 aromatic rings. The predicted molar refractivity (Wildman–Crippen MR) is 71.9 cm³/mol. The molecule has 0 aliphatic carbocycles. The lowest BCUT2D eigenvalue weighted by molar-refractivity contribution is 0.398. The standard InChI is InChI=1S/C14H21ClFN/c1-4-10(3)8-14(17-5-2)12-7-6-11(15)9-13(12)16/h6-7,9-10,14,17H,4-5,8H2,1-3H3. The highest BCUT2D eigenvalue weighted by Gasteiger charge is 2.17. The number of nitrogens with one attached hydrogen (secondary N) is 1. The lowest BCUT2D eigenvalue weighted by Gasteiger charge is -2.22. The summed E-state index contributed by atoms with van der Waals surface area (Å²) in [7, 11) is 0. The second-order valence-corrected chi connectivity index (χ2v) is 4.96. The summed E-state index contributed by atoms with van der Waals surface area (Å²) in [5.74, 6) is 0.362. The van der Waals surface area contributed by atoms with Crippen molar-refractivity contribution < 1.29 is 4.39 Å². The van der Waals surface area contributed by atoms with Crippen LogP contribution in [0, 0.1) is 11.7 Å². The minimum absolute atomic E-state index is 0.0761. The molecular formula is C14H21ClFN. The zero-order valence-electron chi connectivity index (χ0n) is 10.8. The van der Waals surface area contributed by atoms with Crippen molar-refractivity contribution in [3.05, 3.63) is 34.6 Å². The lowest BCUT2D eigenvalue weighted by atomic mass is 9.94. The molecular weight excluding hydrogens is 237 g/mol. The maximum Gasteiger partial charge on any atom is 0.129 e. The molecule has 17 heavy (non-hydrogen) atoms. The average molecular weight is 258 g/mol. The molecule has 0 aliphatic heterocycles. The molecule has 0 saturated heterocycles. The van der Waals surface area contributed by atoms with E-state index in [0.717, 1.165) is 24.9 Å². The topological polar surface area (TPSA) is 12.0 Å². The highest BCUT2D eigenvalue weighted by Crippen LogP contribution is 2.26. The van der Waals surface area contributed by atoms with Gasteiger partial charge in [0.25, 0.3) is 0 Å². The van der Waals surface area contributed by atoms with Crippen LogP contribution in [0.3, 0.4) is 0 Å². The highest BCUT2D eigenvalue weighted by molar-refractivity contribution is 6.30. The Morgan fingerprint density at radius 2 is 2.06 bits per heavy atom. The number of hydrogen-bond acceptors (Lipinski definition) is 1. The summed E-state index contributed by atoms with van der Waals surface area (Å²) >= 11 is 5.77. The van der Waals surface area contributed by atoms with Crippen LogP contribution in [0.15, 0.2) is 18.2 Å². The van der Waals surface area contributed by atoms with Gasteiger partial charge >= 0.3 is 0 Å². The zero-order chi connectivity index (χ0) is 12.8. The summed E-state index contributed by atoms with van der Waals surface area (Å²) in [5.41, 5.74) is 0.719. The predicted octanol–water partition coefficient (Wildman–Crippen LogP) is 4.57. The van der Waals surface area contributed by atoms with Gasteiger partial charge in [-0.05, 0) is 31.0 Å². The van der Waals surface area contributed by atoms with Crippen molar-refractivity contribution >= 4 is 11.6 Å². The Bertz CT molecular complexity index is 354. The third kappa shape index (κ3) is 4.29. The normalized spacial score (nSPS) is 14.6. The Kier molecular flexibility index (Phi) is 5.93. The molecule has 1 rings (SSSR count). The molecule has 2 unspecified atom stereocenters. The van der Waals surface area contributed by atoms with Gasteiger partial charge in [0.05, 0.1) is 0 Å². The Morgan fingerprint density at radius 3 is 2.59 bits per heavy atom. The second kappa shape index (κ2) is 6.97. The summed E-state index contributed by atoms with van der Waals surface area (Å²) in [6, 6.07) is 5.00. The van der Waals surface area contributed by atoms with E-state index in [0.29, 0.717) is 10.9 Å². The fraction of sp³-hybridized carbons (Fsp3) is 0.571. The van der Waals surface area contributed by atoms with Gasteiger partial charge in [-0.2, -0.15) is 0 Å². The monoisotopic (exact) mass is 257 g/mol. The molecule has 2 atom stereocenters. The Balaban J connectivity index is 2.88. The molecule has 0 saturated carbocycles. The van der Waals surface area contributed by atoms with Gasteiger partial charge in [-0.25, -0.2) is 4.39 Å². The van der Waals surface area contributed by atoms with E-state index in [1.54, 1.807) is 12.1 Å². The molecule has 0 bridgehead atoms. The molecule has 0 amide bonds. The van der Waals surface area contributed by atoms with E-state index in [4.69, 9.17) is 11.6 Å². The first-order valence-corrected chi connectivity index (χ1v) is 6.64. The Morgan fingerprint density at radius 1 is 1.35 bits per heavy atom. The van der Waals surface area contributed by atoms with E-state index < -0.39 is 0 Å². The van der Waals surface area contributed by atoms with E-state index in [1.165, 1.54) is 6.07 Å². The third-order valence-corrected chi connectivity index (χ3v) is 3.36. The van der Waals surface area contributed by atoms with E-state index in [2.05, 4.69) is 19.2 Å². The molecule has 0 fully saturated rings. The van der Waals surface area contributed by atoms with Crippen molar-refractivity contribution in [2.45, 2.75) is 39.7 Å². The molecule has 1 aromatic carbocycles. The average Bonchev–Trinajstić information content (AvgIpc) is 2.28. The molecule has 0 heterocycles. The smallest absolute Gasteiger partial charge is 0.129 e. The van der Waals surface area contributed by atoms with Crippen LogP contribution in [0.2, 0.25) is 5.02 Å². The van der Waals surface area contributed by atoms with Gasteiger partial charge in [-0.15, -0.1) is 0 Å². The van der Waals surface area contributed by atoms with Gasteiger partial charge in [0.2, 0.25) is 0 Å². The fourth-order valence-corrected chi connectivity index (χ4v) is 2.08. The van der Waals surface area contributed by atoms with Gasteiger partial charge in [0.15, 0.2) is 0 Å². The van der Waals surface area contributed by atoms with Crippen LogP contribution in [-0.2, 0) is 0 Å². The van der Waals surface area contributed by atoms with Crippen LogP contribution in [-0.4, -0.2) is 6.54 Å². The van der Waals surface area contributed by atoms with Crippen molar-refractivity contribution in [2.75, 3.05) is 6.54 Å². The van der Waals surface area contributed by atoms with Crippen molar-refractivity contribution in [3.8, 4) is 0 Å². The van der Waals surface area contributed by atoms with Crippen molar-refractivity contribution in [1.29, 1.82) is 0 Å². The minimum Gasteiger partial charge on any atom is -0.310 e. The summed E-state index contributed by atoms with van der Waals surface area (Å²) in [6.07, 6.45) is 2.06. The molecule has 1 nitrogen and oxygen atoms in total. The molecule has 96 valence electrons. The van der Waals surface area contributed by atoms with Gasteiger partial charge in [0, 0.05) is 16.6 Å². The first-order chi connectivity index (χ1) is 8.08. The van der Waals surface area contributed by atoms with Gasteiger partial charge < -0.3 is 5.32 Å². The first-order valence-electron chi connectivity index (χ1n) is 6.26. The van der Waals surface area contributed by atoms with E-state index in [1.807, 2.05) is 6.92 Å². The van der Waals surface area contributed by atoms with Gasteiger partial charge in [-0.1, -0.05) is 44.9 Å². The quantitative estimate of drug-likeness (QED) is 0.787. The summed E-state index contributed by atoms with van der Waals surface area (Å²) in [5, 5.41) is 3.79. The minimum atomic E-state index is -0.216. The highest BCUT2D eigenvalue weighted by atomic mass is 35.5. The van der Waals surface area contributed by atoms with Gasteiger partial charge in [-0.3, -0.25) is 0 Å². The van der Waals surface area contributed by atoms with E-state index >= 15 is 0 Å². The zero-order valence-corrected chi connectivity index (χ0v) is 11.5. The van der Waals surface area contributed by atoms with Crippen LogP contribution >= 0.6 is 11.6 Å². The van der Waals surface area contributed by atoms with Crippen LogP contribution in [0.1, 0.15) is 45.2 Å². The maximum absolute atomic E-state index is 13.9. The Labute approximate surface area is 108 Å². The fourth-order valence-electron chi connectivity index (χ4n) is 1.92. The van der Waals surface area contributed by atoms with E-state index in [9.17, 15) is 4.39 Å². The molecule has 1 N–H and O–H groups in total. The Hall–Kier alpha value is -0.600. The molecule has 0 radical (unpaired) electrons. The number of rotatable bonds is 6. The van der Waals surface area contributed by atoms with Crippen molar-refractivity contribution in [1.82, 2.24) is 5.32 Å². The second-order valence-electron chi connectivity index (χ2n) is 4.53. The molecule has 3 heteroatoms. The third-order valence-electron chi connectivity index (χ3n) is 3.12. The summed E-state index contributed by atoms with van der Waals surface area (Å²) in [6.45, 7) is 7.23. The summed E-state index contributed by atoms with van der Waals surface area (Å²) < 4.78 is 13.9. The molecule has 0 spiro atoms. The van der Waals surface area contributed by atoms with Crippen LogP contribution in [0.5, 0.6) is 0 Å². The van der Waals surface area contributed by atoms with Crippen LogP contribution < -0.4 is 5.32 Å². The largest absolute Gasteiger partial charge is 0.310 e. The van der Waals surface area contributed by atoms with Crippen molar-refractivity contribution in [2.24, 2.45) is 5.92 Å².